The first-order chi connectivity index (χ1) is 13.7. The van der Waals surface area contributed by atoms with Crippen molar-refractivity contribution < 1.29 is 0 Å². The van der Waals surface area contributed by atoms with Gasteiger partial charge in [-0.1, -0.05) is 87.4 Å². The molecular formula is C23H30ClN3Si. The van der Waals surface area contributed by atoms with Gasteiger partial charge in [0.25, 0.3) is 0 Å². The molecule has 0 saturated heterocycles. The van der Waals surface area contributed by atoms with E-state index < -0.39 is 0 Å². The summed E-state index contributed by atoms with van der Waals surface area (Å²) in [5, 5.41) is 3.54. The molecule has 0 aliphatic carbocycles. The number of benzene rings is 2. The molecular weight excluding hydrogens is 382 g/mol. The van der Waals surface area contributed by atoms with Gasteiger partial charge in [-0.2, -0.15) is 0 Å². The van der Waals surface area contributed by atoms with E-state index in [9.17, 15) is 0 Å². The third-order valence-corrected chi connectivity index (χ3v) is 8.49. The summed E-state index contributed by atoms with van der Waals surface area (Å²) >= 11 is 5.92. The van der Waals surface area contributed by atoms with E-state index >= 15 is 0 Å². The molecule has 1 N–H and O–H groups in total. The Bertz CT molecular complexity index is 803. The molecule has 3 rings (SSSR count). The third-order valence-electron chi connectivity index (χ3n) is 4.84. The van der Waals surface area contributed by atoms with Crippen LogP contribution < -0.4 is 5.32 Å². The summed E-state index contributed by atoms with van der Waals surface area (Å²) in [6.45, 7) is 6.97. The number of aromatic nitrogens is 2. The number of nitrogens with zero attached hydrogens (tertiary/aromatic N) is 2. The van der Waals surface area contributed by atoms with Crippen LogP contribution in [-0.4, -0.2) is 18.8 Å². The fourth-order valence-electron chi connectivity index (χ4n) is 2.96. The van der Waals surface area contributed by atoms with Crippen molar-refractivity contribution in [2.75, 3.05) is 5.32 Å². The van der Waals surface area contributed by atoms with Crippen LogP contribution in [0.25, 0.3) is 0 Å². The van der Waals surface area contributed by atoms with Crippen LogP contribution in [0.3, 0.4) is 0 Å². The van der Waals surface area contributed by atoms with Crippen LogP contribution in [0, 0.1) is 0 Å². The normalized spacial score (nSPS) is 10.3. The third kappa shape index (κ3) is 7.45. The topological polar surface area (TPSA) is 37.8 Å². The summed E-state index contributed by atoms with van der Waals surface area (Å²) in [5.74, 6) is 0.741. The Kier molecular flexibility index (Phi) is 9.73. The van der Waals surface area contributed by atoms with E-state index in [4.69, 9.17) is 11.6 Å². The van der Waals surface area contributed by atoms with Crippen LogP contribution in [0.1, 0.15) is 31.9 Å². The number of nitrogens with one attached hydrogen (secondary N) is 1. The van der Waals surface area contributed by atoms with Crippen molar-refractivity contribution in [1.29, 1.82) is 0 Å². The van der Waals surface area contributed by atoms with E-state index in [1.807, 2.05) is 48.5 Å². The number of anilines is 2. The molecule has 1 heterocycles. The molecule has 0 radical (unpaired) electrons. The second-order valence-corrected chi connectivity index (χ2v) is 11.3. The Hall–Kier alpha value is -2.17. The Labute approximate surface area is 175 Å². The van der Waals surface area contributed by atoms with Crippen molar-refractivity contribution in [3.63, 3.8) is 0 Å². The molecule has 3 aromatic rings. The Morgan fingerprint density at radius 2 is 1.43 bits per heavy atom. The van der Waals surface area contributed by atoms with Gasteiger partial charge in [-0.15, -0.1) is 0 Å². The molecule has 0 bridgehead atoms. The first kappa shape index (κ1) is 22.1. The minimum atomic E-state index is -0.171. The van der Waals surface area contributed by atoms with Crippen molar-refractivity contribution >= 4 is 31.9 Å². The lowest BCUT2D eigenvalue weighted by atomic mass is 10.1. The second-order valence-electron chi connectivity index (χ2n) is 6.76. The molecule has 0 amide bonds. The summed E-state index contributed by atoms with van der Waals surface area (Å²) < 4.78 is 0. The summed E-state index contributed by atoms with van der Waals surface area (Å²) in [4.78, 5) is 8.40. The van der Waals surface area contributed by atoms with Gasteiger partial charge in [-0.25, -0.2) is 9.97 Å². The zero-order valence-electron chi connectivity index (χ0n) is 17.0. The van der Waals surface area contributed by atoms with E-state index in [0.717, 1.165) is 23.5 Å². The van der Waals surface area contributed by atoms with Gasteiger partial charge < -0.3 is 5.32 Å². The molecule has 2 aromatic carbocycles. The van der Waals surface area contributed by atoms with E-state index in [1.54, 1.807) is 6.20 Å². The summed E-state index contributed by atoms with van der Waals surface area (Å²) in [6.07, 6.45) is 2.53. The predicted molar refractivity (Wildman–Crippen MR) is 125 cm³/mol. The quantitative estimate of drug-likeness (QED) is 0.345. The van der Waals surface area contributed by atoms with Crippen LogP contribution in [0.4, 0.5) is 11.5 Å². The van der Waals surface area contributed by atoms with Crippen LogP contribution in [-0.2, 0) is 6.42 Å². The molecule has 0 spiro atoms. The van der Waals surface area contributed by atoms with E-state index in [2.05, 4.69) is 48.2 Å². The fourth-order valence-corrected chi connectivity index (χ4v) is 4.83. The first-order valence-corrected chi connectivity index (χ1v) is 12.9. The van der Waals surface area contributed by atoms with Crippen LogP contribution in [0.5, 0.6) is 0 Å². The van der Waals surface area contributed by atoms with Gasteiger partial charge in [-0.05, 0) is 29.3 Å². The minimum Gasteiger partial charge on any atom is -0.340 e. The van der Waals surface area contributed by atoms with Gasteiger partial charge in [0.2, 0.25) is 5.28 Å². The highest BCUT2D eigenvalue weighted by Crippen LogP contribution is 2.22. The van der Waals surface area contributed by atoms with Crippen molar-refractivity contribution in [3.8, 4) is 0 Å². The molecule has 1 aromatic heterocycles. The number of hydrogen-bond donors (Lipinski definition) is 1. The SMILES string of the molecule is CC[SiH](CC)CC.Clc1ncc(Cc2ccccc2)c(Nc2ccccc2)n1. The summed E-state index contributed by atoms with van der Waals surface area (Å²) in [7, 11) is -0.171. The van der Waals surface area contributed by atoms with Crippen molar-refractivity contribution in [2.45, 2.75) is 45.3 Å². The van der Waals surface area contributed by atoms with Gasteiger partial charge in [0.05, 0.1) is 0 Å². The Balaban J connectivity index is 0.000000345. The van der Waals surface area contributed by atoms with E-state index in [-0.39, 0.29) is 14.1 Å². The number of halogens is 1. The fraction of sp³-hybridized carbons (Fsp3) is 0.304. The van der Waals surface area contributed by atoms with Crippen LogP contribution in [0.2, 0.25) is 23.4 Å². The average Bonchev–Trinajstić information content (AvgIpc) is 2.73. The Morgan fingerprint density at radius 1 is 0.857 bits per heavy atom. The largest absolute Gasteiger partial charge is 0.340 e. The van der Waals surface area contributed by atoms with Gasteiger partial charge in [0, 0.05) is 32.7 Å². The highest BCUT2D eigenvalue weighted by atomic mass is 35.5. The molecule has 0 saturated carbocycles. The maximum Gasteiger partial charge on any atom is 0.224 e. The first-order valence-electron chi connectivity index (χ1n) is 10.0. The molecule has 0 aliphatic rings. The molecule has 0 aliphatic heterocycles. The molecule has 148 valence electrons. The van der Waals surface area contributed by atoms with Crippen molar-refractivity contribution in [3.05, 3.63) is 83.3 Å². The molecule has 5 heteroatoms. The number of rotatable bonds is 7. The van der Waals surface area contributed by atoms with Crippen LogP contribution >= 0.6 is 11.6 Å². The highest BCUT2D eigenvalue weighted by molar-refractivity contribution is 6.58. The maximum atomic E-state index is 5.92. The van der Waals surface area contributed by atoms with Gasteiger partial charge in [0.15, 0.2) is 0 Å². The monoisotopic (exact) mass is 411 g/mol. The lowest BCUT2D eigenvalue weighted by Crippen LogP contribution is -2.04. The van der Waals surface area contributed by atoms with Crippen molar-refractivity contribution in [1.82, 2.24) is 9.97 Å². The zero-order chi connectivity index (χ0) is 20.2. The van der Waals surface area contributed by atoms with Crippen molar-refractivity contribution in [2.24, 2.45) is 0 Å². The molecule has 28 heavy (non-hydrogen) atoms. The van der Waals surface area contributed by atoms with Gasteiger partial charge in [-0.3, -0.25) is 0 Å². The zero-order valence-corrected chi connectivity index (χ0v) is 18.9. The maximum absolute atomic E-state index is 5.92. The number of hydrogen-bond acceptors (Lipinski definition) is 3. The van der Waals surface area contributed by atoms with E-state index in [1.165, 1.54) is 23.7 Å². The van der Waals surface area contributed by atoms with Crippen LogP contribution in [0.15, 0.2) is 66.9 Å². The van der Waals surface area contributed by atoms with E-state index in [0.29, 0.717) is 0 Å². The molecule has 3 nitrogen and oxygen atoms in total. The average molecular weight is 412 g/mol. The molecule has 0 unspecified atom stereocenters. The lowest BCUT2D eigenvalue weighted by Gasteiger charge is -2.11. The highest BCUT2D eigenvalue weighted by Gasteiger charge is 2.08. The second kappa shape index (κ2) is 12.3. The number of para-hydroxylation sites is 1. The molecule has 0 fully saturated rings. The van der Waals surface area contributed by atoms with Gasteiger partial charge >= 0.3 is 0 Å². The van der Waals surface area contributed by atoms with Gasteiger partial charge in [0.1, 0.15) is 5.82 Å². The Morgan fingerprint density at radius 3 is 1.96 bits per heavy atom. The summed E-state index contributed by atoms with van der Waals surface area (Å²) in [5.41, 5.74) is 3.19. The summed E-state index contributed by atoms with van der Waals surface area (Å²) in [6, 6.07) is 24.6. The standard InChI is InChI=1S/C17H14ClN3.C6H16Si/c18-17-19-12-14(11-13-7-3-1-4-8-13)16(21-17)20-15-9-5-2-6-10-15;1-4-7(5-2)6-3/h1-10,12H,11H2,(H,19,20,21);7H,4-6H2,1-3H3. The smallest absolute Gasteiger partial charge is 0.224 e. The predicted octanol–water partition coefficient (Wildman–Crippen LogP) is 6.74. The minimum absolute atomic E-state index is 0.171. The lowest BCUT2D eigenvalue weighted by molar-refractivity contribution is 1.07. The molecule has 0 atom stereocenters.